The van der Waals surface area contributed by atoms with Gasteiger partial charge in [-0.1, -0.05) is 54.4 Å². The summed E-state index contributed by atoms with van der Waals surface area (Å²) in [7, 11) is 0. The fourth-order valence-electron chi connectivity index (χ4n) is 2.21. The van der Waals surface area contributed by atoms with Crippen LogP contribution in [0.25, 0.3) is 0 Å². The molecule has 106 valence electrons. The van der Waals surface area contributed by atoms with Crippen molar-refractivity contribution in [3.05, 3.63) is 68.7 Å². The van der Waals surface area contributed by atoms with Crippen LogP contribution >= 0.6 is 23.2 Å². The third-order valence-electron chi connectivity index (χ3n) is 3.47. The van der Waals surface area contributed by atoms with Crippen LogP contribution in [-0.2, 0) is 0 Å². The number of nitrogens with one attached hydrogen (secondary N) is 1. The van der Waals surface area contributed by atoms with Crippen molar-refractivity contribution in [2.24, 2.45) is 0 Å². The third-order valence-corrected chi connectivity index (χ3v) is 4.28. The summed E-state index contributed by atoms with van der Waals surface area (Å²) in [6.07, 6.45) is 0. The molecule has 0 aliphatic heterocycles. The summed E-state index contributed by atoms with van der Waals surface area (Å²) in [5, 5.41) is 5.08. The maximum atomic E-state index is 6.25. The van der Waals surface area contributed by atoms with E-state index in [9.17, 15) is 0 Å². The Morgan fingerprint density at radius 3 is 1.70 bits per heavy atom. The first-order valence-corrected chi connectivity index (χ1v) is 7.54. The van der Waals surface area contributed by atoms with Gasteiger partial charge in [0.2, 0.25) is 0 Å². The Morgan fingerprint density at radius 1 is 0.900 bits per heavy atom. The molecule has 0 atom stereocenters. The topological polar surface area (TPSA) is 12.0 Å². The first-order chi connectivity index (χ1) is 9.52. The molecule has 2 aromatic carbocycles. The third kappa shape index (κ3) is 3.35. The number of hydrogen-bond acceptors (Lipinski definition) is 1. The summed E-state index contributed by atoms with van der Waals surface area (Å²) < 4.78 is 0. The molecule has 1 nitrogen and oxygen atoms in total. The van der Waals surface area contributed by atoms with Crippen LogP contribution in [0.3, 0.4) is 0 Å². The molecule has 0 saturated carbocycles. The van der Waals surface area contributed by atoms with E-state index < -0.39 is 0 Å². The smallest absolute Gasteiger partial charge is 0.0577 e. The van der Waals surface area contributed by atoms with Crippen LogP contribution in [0.5, 0.6) is 0 Å². The minimum atomic E-state index is 0.108. The van der Waals surface area contributed by atoms with Crippen LogP contribution in [0.15, 0.2) is 36.4 Å². The lowest BCUT2D eigenvalue weighted by molar-refractivity contribution is 0.630. The molecule has 0 heterocycles. The van der Waals surface area contributed by atoms with E-state index in [0.29, 0.717) is 0 Å². The quantitative estimate of drug-likeness (QED) is 0.807. The zero-order valence-corrected chi connectivity index (χ0v) is 13.5. The van der Waals surface area contributed by atoms with Gasteiger partial charge in [-0.15, -0.1) is 0 Å². The Hall–Kier alpha value is -1.02. The lowest BCUT2D eigenvalue weighted by Gasteiger charge is -2.20. The van der Waals surface area contributed by atoms with Crippen LogP contribution in [0.1, 0.15) is 35.2 Å². The second-order valence-corrected chi connectivity index (χ2v) is 5.82. The van der Waals surface area contributed by atoms with Crippen LogP contribution in [0, 0.1) is 13.8 Å². The van der Waals surface area contributed by atoms with Crippen LogP contribution in [0.4, 0.5) is 0 Å². The van der Waals surface area contributed by atoms with Crippen LogP contribution < -0.4 is 5.32 Å². The van der Waals surface area contributed by atoms with E-state index in [4.69, 9.17) is 23.2 Å². The maximum absolute atomic E-state index is 6.25. The van der Waals surface area contributed by atoms with E-state index in [1.54, 1.807) is 0 Å². The second kappa shape index (κ2) is 6.62. The monoisotopic (exact) mass is 307 g/mol. The second-order valence-electron chi connectivity index (χ2n) is 5.01. The fourth-order valence-corrected chi connectivity index (χ4v) is 2.59. The highest BCUT2D eigenvalue weighted by Crippen LogP contribution is 2.28. The highest BCUT2D eigenvalue weighted by atomic mass is 35.5. The summed E-state index contributed by atoms with van der Waals surface area (Å²) in [6, 6.07) is 12.5. The summed E-state index contributed by atoms with van der Waals surface area (Å²) >= 11 is 12.5. The van der Waals surface area contributed by atoms with Gasteiger partial charge in [-0.3, -0.25) is 0 Å². The molecule has 0 aliphatic rings. The Morgan fingerprint density at radius 2 is 1.35 bits per heavy atom. The molecule has 0 unspecified atom stereocenters. The number of aryl methyl sites for hydroxylation is 2. The van der Waals surface area contributed by atoms with E-state index >= 15 is 0 Å². The molecule has 2 aromatic rings. The number of hydrogen-bond donors (Lipinski definition) is 1. The first kappa shape index (κ1) is 15.4. The van der Waals surface area contributed by atoms with Gasteiger partial charge in [0.05, 0.1) is 6.04 Å². The van der Waals surface area contributed by atoms with Crippen molar-refractivity contribution in [3.63, 3.8) is 0 Å². The highest BCUT2D eigenvalue weighted by Gasteiger charge is 2.14. The van der Waals surface area contributed by atoms with E-state index in [-0.39, 0.29) is 6.04 Å². The van der Waals surface area contributed by atoms with Crippen molar-refractivity contribution in [1.82, 2.24) is 5.32 Å². The van der Waals surface area contributed by atoms with Crippen molar-refractivity contribution in [2.75, 3.05) is 6.54 Å². The number of halogens is 2. The molecule has 0 saturated heterocycles. The van der Waals surface area contributed by atoms with Gasteiger partial charge >= 0.3 is 0 Å². The Kier molecular flexibility index (Phi) is 5.09. The molecule has 0 amide bonds. The number of benzene rings is 2. The van der Waals surface area contributed by atoms with E-state index in [1.807, 2.05) is 26.0 Å². The molecular weight excluding hydrogens is 289 g/mol. The zero-order chi connectivity index (χ0) is 14.7. The Balaban J connectivity index is 2.44. The van der Waals surface area contributed by atoms with Crippen molar-refractivity contribution in [1.29, 1.82) is 0 Å². The number of rotatable bonds is 4. The largest absolute Gasteiger partial charge is 0.307 e. The molecule has 3 heteroatoms. The molecule has 0 spiro atoms. The maximum Gasteiger partial charge on any atom is 0.0577 e. The SMILES string of the molecule is CCNC(c1ccc(C)c(Cl)c1)c1ccc(C)c(Cl)c1. The minimum absolute atomic E-state index is 0.108. The van der Waals surface area contributed by atoms with Gasteiger partial charge < -0.3 is 5.32 Å². The Labute approximate surface area is 130 Å². The Bertz CT molecular complexity index is 556. The average Bonchev–Trinajstić information content (AvgIpc) is 2.43. The molecule has 0 fully saturated rings. The lowest BCUT2D eigenvalue weighted by atomic mass is 9.97. The standard InChI is InChI=1S/C17H19Cl2N/c1-4-20-17(13-7-5-11(2)15(18)9-13)14-8-6-12(3)16(19)10-14/h5-10,17,20H,4H2,1-3H3. The summed E-state index contributed by atoms with van der Waals surface area (Å²) in [4.78, 5) is 0. The molecule has 0 bridgehead atoms. The van der Waals surface area contributed by atoms with Gasteiger partial charge in [-0.05, 0) is 54.8 Å². The highest BCUT2D eigenvalue weighted by molar-refractivity contribution is 6.31. The van der Waals surface area contributed by atoms with Crippen molar-refractivity contribution in [2.45, 2.75) is 26.8 Å². The molecular formula is C17H19Cl2N. The molecule has 2 rings (SSSR count). The fraction of sp³-hybridized carbons (Fsp3) is 0.294. The normalized spacial score (nSPS) is 11.1. The summed E-state index contributed by atoms with van der Waals surface area (Å²) in [5.41, 5.74) is 4.49. The molecule has 20 heavy (non-hydrogen) atoms. The predicted octanol–water partition coefficient (Wildman–Crippen LogP) is 5.31. The van der Waals surface area contributed by atoms with Crippen LogP contribution in [0.2, 0.25) is 10.0 Å². The van der Waals surface area contributed by atoms with Gasteiger partial charge in [0.15, 0.2) is 0 Å². The van der Waals surface area contributed by atoms with Gasteiger partial charge in [0.25, 0.3) is 0 Å². The molecule has 0 aliphatic carbocycles. The predicted molar refractivity (Wildman–Crippen MR) is 87.9 cm³/mol. The molecule has 1 N–H and O–H groups in total. The van der Waals surface area contributed by atoms with E-state index in [2.05, 4.69) is 36.5 Å². The lowest BCUT2D eigenvalue weighted by Crippen LogP contribution is -2.22. The van der Waals surface area contributed by atoms with Gasteiger partial charge in [0, 0.05) is 10.0 Å². The van der Waals surface area contributed by atoms with Crippen LogP contribution in [-0.4, -0.2) is 6.54 Å². The van der Waals surface area contributed by atoms with E-state index in [1.165, 1.54) is 0 Å². The summed E-state index contributed by atoms with van der Waals surface area (Å²) in [6.45, 7) is 6.99. The van der Waals surface area contributed by atoms with Crippen molar-refractivity contribution >= 4 is 23.2 Å². The van der Waals surface area contributed by atoms with Gasteiger partial charge in [0.1, 0.15) is 0 Å². The van der Waals surface area contributed by atoms with Gasteiger partial charge in [-0.2, -0.15) is 0 Å². The van der Waals surface area contributed by atoms with E-state index in [0.717, 1.165) is 38.8 Å². The average molecular weight is 308 g/mol. The molecule has 0 radical (unpaired) electrons. The van der Waals surface area contributed by atoms with Gasteiger partial charge in [-0.25, -0.2) is 0 Å². The zero-order valence-electron chi connectivity index (χ0n) is 12.0. The molecule has 0 aromatic heterocycles. The van der Waals surface area contributed by atoms with Crippen molar-refractivity contribution < 1.29 is 0 Å². The summed E-state index contributed by atoms with van der Waals surface area (Å²) in [5.74, 6) is 0. The minimum Gasteiger partial charge on any atom is -0.307 e. The van der Waals surface area contributed by atoms with Crippen molar-refractivity contribution in [3.8, 4) is 0 Å². The first-order valence-electron chi connectivity index (χ1n) is 6.78.